The maximum Gasteiger partial charge on any atom is 0.135 e. The van der Waals surface area contributed by atoms with Crippen LogP contribution in [0.5, 0.6) is 0 Å². The molecule has 52 heavy (non-hydrogen) atoms. The number of para-hydroxylation sites is 2. The van der Waals surface area contributed by atoms with Gasteiger partial charge in [-0.3, -0.25) is 0 Å². The Labute approximate surface area is 303 Å². The van der Waals surface area contributed by atoms with E-state index in [4.69, 9.17) is 4.42 Å². The topological polar surface area (TPSA) is 16.4 Å². The highest BCUT2D eigenvalue weighted by Crippen LogP contribution is 2.41. The average molecular weight is 666 g/mol. The Morgan fingerprint density at radius 3 is 1.60 bits per heavy atom. The Kier molecular flexibility index (Phi) is 7.32. The lowest BCUT2D eigenvalue weighted by molar-refractivity contribution is 0.669. The van der Waals surface area contributed by atoms with Gasteiger partial charge < -0.3 is 9.32 Å². The minimum absolute atomic E-state index is 0.814. The van der Waals surface area contributed by atoms with Crippen LogP contribution >= 0.6 is 0 Å². The fourth-order valence-electron chi connectivity index (χ4n) is 7.89. The Balaban J connectivity index is 1.12. The first-order valence-electron chi connectivity index (χ1n) is 18.0. The van der Waals surface area contributed by atoms with Crippen LogP contribution in [0.3, 0.4) is 0 Å². The van der Waals surface area contributed by atoms with Crippen LogP contribution in [0.1, 0.15) is 11.1 Å². The van der Waals surface area contributed by atoms with Gasteiger partial charge in [-0.05, 0) is 127 Å². The van der Waals surface area contributed by atoms with Crippen molar-refractivity contribution in [3.63, 3.8) is 0 Å². The number of benzene rings is 8. The normalized spacial score (nSPS) is 12.4. The number of nitrogens with zero attached hydrogens (tertiary/aromatic N) is 1. The summed E-state index contributed by atoms with van der Waals surface area (Å²) in [6.45, 7) is 1.64. The minimum Gasteiger partial charge on any atom is -0.456 e. The van der Waals surface area contributed by atoms with Crippen LogP contribution in [0.4, 0.5) is 5.69 Å². The second kappa shape index (κ2) is 12.6. The summed E-state index contributed by atoms with van der Waals surface area (Å²) in [6.07, 6.45) is 0. The summed E-state index contributed by atoms with van der Waals surface area (Å²) in [5.41, 5.74) is 18.0. The SMILES string of the molecule is c1ccc(-c2cc(-c3ccccc3)cc(-c3ccc4c(c3)CN(c3ccccc3)Cc3ccc(-c5ccc6oc7ccccc7c6c5)cc3-4)c2)cc1. The number of fused-ring (bicyclic) bond motifs is 6. The lowest BCUT2D eigenvalue weighted by Gasteiger charge is -2.24. The molecule has 0 fully saturated rings. The first-order chi connectivity index (χ1) is 25.7. The summed E-state index contributed by atoms with van der Waals surface area (Å²) in [6, 6.07) is 68.2. The van der Waals surface area contributed by atoms with Crippen LogP contribution in [0.25, 0.3) is 77.6 Å². The van der Waals surface area contributed by atoms with Gasteiger partial charge >= 0.3 is 0 Å². The van der Waals surface area contributed by atoms with Gasteiger partial charge in [-0.2, -0.15) is 0 Å². The number of anilines is 1. The molecule has 2 nitrogen and oxygen atoms in total. The zero-order valence-corrected chi connectivity index (χ0v) is 28.7. The zero-order chi connectivity index (χ0) is 34.4. The van der Waals surface area contributed by atoms with Gasteiger partial charge in [0.05, 0.1) is 0 Å². The summed E-state index contributed by atoms with van der Waals surface area (Å²) < 4.78 is 6.16. The van der Waals surface area contributed by atoms with Crippen molar-refractivity contribution >= 4 is 27.6 Å². The standard InChI is InChI=1S/C50H35NO/c1-4-12-34(13-5-1)40-27-41(35-14-6-2-7-15-35)29-42(28-40)36-22-24-45-43(26-36)33-51(44-16-8-3-9-17-44)32-39-21-20-37(30-47(39)45)38-23-25-50-48(31-38)46-18-10-11-19-49(46)52-50/h1-31H,32-33H2. The van der Waals surface area contributed by atoms with Crippen molar-refractivity contribution < 1.29 is 4.42 Å². The largest absolute Gasteiger partial charge is 0.456 e. The molecule has 2 heterocycles. The number of hydrogen-bond donors (Lipinski definition) is 0. The van der Waals surface area contributed by atoms with Crippen molar-refractivity contribution in [3.05, 3.63) is 199 Å². The van der Waals surface area contributed by atoms with E-state index in [0.717, 1.165) is 35.0 Å². The molecule has 1 aliphatic rings. The monoisotopic (exact) mass is 665 g/mol. The predicted octanol–water partition coefficient (Wildman–Crippen LogP) is 13.4. The summed E-state index contributed by atoms with van der Waals surface area (Å²) in [7, 11) is 0. The summed E-state index contributed by atoms with van der Waals surface area (Å²) >= 11 is 0. The molecule has 0 N–H and O–H groups in total. The van der Waals surface area contributed by atoms with E-state index in [1.165, 1.54) is 72.4 Å². The Hall–Kier alpha value is -6.64. The minimum atomic E-state index is 0.814. The lowest BCUT2D eigenvalue weighted by atomic mass is 9.89. The van der Waals surface area contributed by atoms with Gasteiger partial charge in [-0.1, -0.05) is 127 Å². The summed E-state index contributed by atoms with van der Waals surface area (Å²) in [4.78, 5) is 2.51. The highest BCUT2D eigenvalue weighted by Gasteiger charge is 2.22. The molecule has 0 radical (unpaired) electrons. The molecule has 2 heteroatoms. The maximum absolute atomic E-state index is 6.16. The highest BCUT2D eigenvalue weighted by atomic mass is 16.3. The van der Waals surface area contributed by atoms with E-state index in [2.05, 4.69) is 181 Å². The van der Waals surface area contributed by atoms with E-state index < -0.39 is 0 Å². The second-order valence-electron chi connectivity index (χ2n) is 13.8. The van der Waals surface area contributed by atoms with Gasteiger partial charge in [0.15, 0.2) is 0 Å². The highest BCUT2D eigenvalue weighted by molar-refractivity contribution is 6.06. The van der Waals surface area contributed by atoms with E-state index in [0.29, 0.717) is 0 Å². The molecule has 0 aliphatic carbocycles. The molecular formula is C50H35NO. The summed E-state index contributed by atoms with van der Waals surface area (Å²) in [5.74, 6) is 0. The molecular weight excluding hydrogens is 631 g/mol. The smallest absolute Gasteiger partial charge is 0.135 e. The Bertz CT molecular complexity index is 2670. The van der Waals surface area contributed by atoms with Crippen LogP contribution in [-0.2, 0) is 13.1 Å². The lowest BCUT2D eigenvalue weighted by Crippen LogP contribution is -2.20. The van der Waals surface area contributed by atoms with E-state index in [1.807, 2.05) is 12.1 Å². The van der Waals surface area contributed by atoms with Crippen LogP contribution in [0.2, 0.25) is 0 Å². The third kappa shape index (κ3) is 5.46. The Morgan fingerprint density at radius 1 is 0.327 bits per heavy atom. The number of furan rings is 1. The number of hydrogen-bond acceptors (Lipinski definition) is 2. The maximum atomic E-state index is 6.16. The van der Waals surface area contributed by atoms with Crippen LogP contribution in [0, 0.1) is 0 Å². The molecule has 0 saturated heterocycles. The van der Waals surface area contributed by atoms with Gasteiger partial charge in [0.1, 0.15) is 11.2 Å². The zero-order valence-electron chi connectivity index (χ0n) is 28.7. The fourth-order valence-corrected chi connectivity index (χ4v) is 7.89. The van der Waals surface area contributed by atoms with Gasteiger partial charge in [0.25, 0.3) is 0 Å². The molecule has 0 unspecified atom stereocenters. The van der Waals surface area contributed by atoms with Crippen LogP contribution in [0.15, 0.2) is 192 Å². The Morgan fingerprint density at radius 2 is 0.865 bits per heavy atom. The van der Waals surface area contributed by atoms with E-state index >= 15 is 0 Å². The molecule has 0 saturated carbocycles. The van der Waals surface area contributed by atoms with E-state index in [-0.39, 0.29) is 0 Å². The number of rotatable bonds is 5. The molecule has 8 aromatic carbocycles. The van der Waals surface area contributed by atoms with Crippen molar-refractivity contribution in [2.24, 2.45) is 0 Å². The fraction of sp³-hybridized carbons (Fsp3) is 0.0400. The molecule has 0 atom stereocenters. The first kappa shape index (κ1) is 30.2. The molecule has 1 aliphatic heterocycles. The molecule has 1 aromatic heterocycles. The average Bonchev–Trinajstić information content (AvgIpc) is 3.51. The molecule has 246 valence electrons. The van der Waals surface area contributed by atoms with Crippen molar-refractivity contribution in [2.75, 3.05) is 4.90 Å². The third-order valence-corrected chi connectivity index (χ3v) is 10.5. The predicted molar refractivity (Wildman–Crippen MR) is 217 cm³/mol. The summed E-state index contributed by atoms with van der Waals surface area (Å²) in [5, 5.41) is 2.30. The van der Waals surface area contributed by atoms with Gasteiger partial charge in [0, 0.05) is 29.5 Å². The van der Waals surface area contributed by atoms with Crippen LogP contribution in [-0.4, -0.2) is 0 Å². The van der Waals surface area contributed by atoms with E-state index in [9.17, 15) is 0 Å². The molecule has 9 aromatic rings. The van der Waals surface area contributed by atoms with Gasteiger partial charge in [0.2, 0.25) is 0 Å². The third-order valence-electron chi connectivity index (χ3n) is 10.5. The molecule has 10 rings (SSSR count). The second-order valence-corrected chi connectivity index (χ2v) is 13.8. The van der Waals surface area contributed by atoms with Crippen molar-refractivity contribution in [1.82, 2.24) is 0 Å². The molecule has 0 spiro atoms. The van der Waals surface area contributed by atoms with Crippen molar-refractivity contribution in [3.8, 4) is 55.6 Å². The van der Waals surface area contributed by atoms with Gasteiger partial charge in [-0.25, -0.2) is 0 Å². The molecule has 0 bridgehead atoms. The van der Waals surface area contributed by atoms with Gasteiger partial charge in [-0.15, -0.1) is 0 Å². The molecule has 0 amide bonds. The van der Waals surface area contributed by atoms with Crippen molar-refractivity contribution in [1.29, 1.82) is 0 Å². The first-order valence-corrected chi connectivity index (χ1v) is 18.0. The quantitative estimate of drug-likeness (QED) is 0.182. The van der Waals surface area contributed by atoms with Crippen LogP contribution < -0.4 is 4.90 Å². The van der Waals surface area contributed by atoms with Crippen molar-refractivity contribution in [2.45, 2.75) is 13.1 Å². The van der Waals surface area contributed by atoms with E-state index in [1.54, 1.807) is 0 Å².